The van der Waals surface area contributed by atoms with E-state index in [0.717, 1.165) is 0 Å². The summed E-state index contributed by atoms with van der Waals surface area (Å²) in [5, 5.41) is 13.0. The second-order valence-corrected chi connectivity index (χ2v) is 4.24. The van der Waals surface area contributed by atoms with Crippen molar-refractivity contribution in [3.63, 3.8) is 0 Å². The molecule has 1 fully saturated rings. The van der Waals surface area contributed by atoms with Gasteiger partial charge in [0, 0.05) is 0 Å². The first kappa shape index (κ1) is 11.4. The van der Waals surface area contributed by atoms with Crippen LogP contribution in [0.5, 0.6) is 0 Å². The summed E-state index contributed by atoms with van der Waals surface area (Å²) >= 11 is 0. The van der Waals surface area contributed by atoms with Crippen molar-refractivity contribution in [1.29, 1.82) is 0 Å². The lowest BCUT2D eigenvalue weighted by Crippen LogP contribution is -2.45. The highest BCUT2D eigenvalue weighted by molar-refractivity contribution is 5.76. The molecule has 0 atom stereocenters. The van der Waals surface area contributed by atoms with Crippen LogP contribution in [0.4, 0.5) is 11.9 Å². The molecule has 4 N–H and O–H groups in total. The van der Waals surface area contributed by atoms with E-state index in [-0.39, 0.29) is 0 Å². The average molecular weight is 278 g/mol. The summed E-state index contributed by atoms with van der Waals surface area (Å²) in [6.45, 7) is 2.32. The van der Waals surface area contributed by atoms with Crippen LogP contribution in [0.15, 0.2) is 9.98 Å². The highest BCUT2D eigenvalue weighted by Crippen LogP contribution is 2.16. The lowest BCUT2D eigenvalue weighted by Gasteiger charge is -2.20. The van der Waals surface area contributed by atoms with Crippen molar-refractivity contribution in [2.45, 2.75) is 0 Å². The van der Waals surface area contributed by atoms with Crippen LogP contribution in [0.1, 0.15) is 0 Å². The molecule has 0 spiro atoms. The average Bonchev–Trinajstić information content (AvgIpc) is 3.22. The van der Waals surface area contributed by atoms with Crippen LogP contribution in [0, 0.1) is 0 Å². The normalized spacial score (nSPS) is 21.3. The topological polar surface area (TPSA) is 113 Å². The highest BCUT2D eigenvalue weighted by atomic mass is 15.9. The van der Waals surface area contributed by atoms with E-state index in [1.54, 1.807) is 27.5 Å². The van der Waals surface area contributed by atoms with Crippen molar-refractivity contribution in [3.8, 4) is 0 Å². The smallest absolute Gasteiger partial charge is 0.269 e. The molecule has 0 unspecified atom stereocenters. The van der Waals surface area contributed by atoms with Gasteiger partial charge in [0.25, 0.3) is 11.9 Å². The zero-order valence-electron chi connectivity index (χ0n) is 10.6. The monoisotopic (exact) mass is 278 g/mol. The maximum Gasteiger partial charge on any atom is 0.269 e. The maximum atomic E-state index is 4.52. The summed E-state index contributed by atoms with van der Waals surface area (Å²) in [4.78, 5) is 14.4. The molecule has 3 aliphatic heterocycles. The Labute approximate surface area is 114 Å². The Morgan fingerprint density at radius 2 is 2.20 bits per heavy atom. The Kier molecular flexibility index (Phi) is 2.61. The Bertz CT molecular complexity index is 534. The zero-order chi connectivity index (χ0) is 13.4. The molecule has 3 aliphatic rings. The number of aliphatic imine (C=N–C) groups is 2. The minimum absolute atomic E-state index is 0.483. The molecule has 0 saturated carbocycles. The van der Waals surface area contributed by atoms with E-state index >= 15 is 0 Å². The number of hydrogen-bond donors (Lipinski definition) is 4. The van der Waals surface area contributed by atoms with Gasteiger partial charge in [-0.15, -0.1) is 9.89 Å². The van der Waals surface area contributed by atoms with Crippen LogP contribution < -0.4 is 36.7 Å². The summed E-state index contributed by atoms with van der Waals surface area (Å²) in [5.74, 6) is 1.15. The van der Waals surface area contributed by atoms with Crippen LogP contribution in [-0.2, 0) is 0 Å². The van der Waals surface area contributed by atoms with E-state index < -0.39 is 0 Å². The summed E-state index contributed by atoms with van der Waals surface area (Å²) in [6, 6.07) is 0. The Morgan fingerprint density at radius 3 is 2.90 bits per heavy atom. The summed E-state index contributed by atoms with van der Waals surface area (Å²) in [6.07, 6.45) is 3.30. The van der Waals surface area contributed by atoms with Gasteiger partial charge in [-0.25, -0.2) is 26.0 Å². The third-order valence-corrected chi connectivity index (χ3v) is 2.95. The third kappa shape index (κ3) is 1.82. The molecule has 0 bridgehead atoms. The number of anilines is 2. The van der Waals surface area contributed by atoms with Gasteiger partial charge < -0.3 is 0 Å². The standard InChI is InChI=1S/C8H14N12/c1-9-4-17(12-1)7-15-8(18-5-10-2-13-18)20(16-7)19-6-11-3-14-19/h1,5,11,13-14H,2-4,6H2,(H,9,12). The minimum atomic E-state index is 0.483. The van der Waals surface area contributed by atoms with Crippen molar-refractivity contribution in [2.24, 2.45) is 9.98 Å². The molecular formula is C8H14N12. The lowest BCUT2D eigenvalue weighted by molar-refractivity contribution is 0.513. The molecule has 1 aromatic heterocycles. The van der Waals surface area contributed by atoms with Crippen molar-refractivity contribution in [1.82, 2.24) is 36.5 Å². The first-order valence-electron chi connectivity index (χ1n) is 6.15. The van der Waals surface area contributed by atoms with E-state index in [0.29, 0.717) is 38.6 Å². The van der Waals surface area contributed by atoms with Crippen LogP contribution in [0.25, 0.3) is 0 Å². The Hall–Kier alpha value is -2.44. The summed E-state index contributed by atoms with van der Waals surface area (Å²) in [5.41, 5.74) is 9.21. The van der Waals surface area contributed by atoms with Gasteiger partial charge >= 0.3 is 0 Å². The fraction of sp³-hybridized carbons (Fsp3) is 0.500. The lowest BCUT2D eigenvalue weighted by atomic mass is 10.8. The number of aromatic nitrogens is 3. The van der Waals surface area contributed by atoms with Crippen LogP contribution >= 0.6 is 0 Å². The number of hydrazine groups is 3. The largest absolute Gasteiger partial charge is 0.284 e. The second kappa shape index (κ2) is 4.59. The van der Waals surface area contributed by atoms with Crippen molar-refractivity contribution >= 4 is 24.6 Å². The second-order valence-electron chi connectivity index (χ2n) is 4.24. The third-order valence-electron chi connectivity index (χ3n) is 2.95. The van der Waals surface area contributed by atoms with Crippen molar-refractivity contribution < 1.29 is 0 Å². The maximum absolute atomic E-state index is 4.52. The van der Waals surface area contributed by atoms with Crippen LogP contribution in [0.3, 0.4) is 0 Å². The van der Waals surface area contributed by atoms with E-state index in [1.165, 1.54) is 0 Å². The van der Waals surface area contributed by atoms with E-state index in [4.69, 9.17) is 0 Å². The molecule has 12 heteroatoms. The fourth-order valence-corrected chi connectivity index (χ4v) is 2.01. The molecule has 4 heterocycles. The van der Waals surface area contributed by atoms with Crippen molar-refractivity contribution in [3.05, 3.63) is 0 Å². The first-order chi connectivity index (χ1) is 9.92. The van der Waals surface area contributed by atoms with E-state index in [1.807, 2.05) is 5.12 Å². The molecule has 4 rings (SSSR count). The molecular weight excluding hydrogens is 264 g/mol. The van der Waals surface area contributed by atoms with Crippen molar-refractivity contribution in [2.75, 3.05) is 41.8 Å². The molecule has 0 amide bonds. The van der Waals surface area contributed by atoms with Gasteiger partial charge in [-0.2, -0.15) is 4.98 Å². The molecule has 12 nitrogen and oxygen atoms in total. The molecule has 106 valence electrons. The first-order valence-corrected chi connectivity index (χ1v) is 6.15. The van der Waals surface area contributed by atoms with E-state index in [2.05, 4.69) is 41.7 Å². The number of nitrogens with zero attached hydrogens (tertiary/aromatic N) is 8. The van der Waals surface area contributed by atoms with Gasteiger partial charge in [-0.3, -0.25) is 20.7 Å². The summed E-state index contributed by atoms with van der Waals surface area (Å²) in [7, 11) is 0. The SMILES string of the molecule is C1=NCNN1c1nc(N2CN=CN2)nn1N1CNCN1. The number of hydrogen-bond acceptors (Lipinski definition) is 11. The molecule has 1 aromatic rings. The zero-order valence-corrected chi connectivity index (χ0v) is 10.6. The Morgan fingerprint density at radius 1 is 1.20 bits per heavy atom. The number of nitrogens with one attached hydrogen (secondary N) is 4. The van der Waals surface area contributed by atoms with Gasteiger partial charge in [0.15, 0.2) is 0 Å². The Balaban J connectivity index is 1.68. The van der Waals surface area contributed by atoms with Crippen LogP contribution in [0.2, 0.25) is 0 Å². The predicted molar refractivity (Wildman–Crippen MR) is 72.2 cm³/mol. The van der Waals surface area contributed by atoms with Gasteiger partial charge in [0.1, 0.15) is 32.7 Å². The number of rotatable bonds is 3. The predicted octanol–water partition coefficient (Wildman–Crippen LogP) is -3.14. The quantitative estimate of drug-likeness (QED) is 0.455. The summed E-state index contributed by atoms with van der Waals surface area (Å²) < 4.78 is 0. The van der Waals surface area contributed by atoms with Gasteiger partial charge in [-0.05, 0) is 0 Å². The molecule has 0 radical (unpaired) electrons. The van der Waals surface area contributed by atoms with Gasteiger partial charge in [0.05, 0.1) is 6.67 Å². The molecule has 0 aliphatic carbocycles. The fourth-order valence-electron chi connectivity index (χ4n) is 2.01. The highest BCUT2D eigenvalue weighted by Gasteiger charge is 2.26. The molecule has 0 aromatic carbocycles. The van der Waals surface area contributed by atoms with Gasteiger partial charge in [-0.1, -0.05) is 0 Å². The minimum Gasteiger partial charge on any atom is -0.284 e. The molecule has 20 heavy (non-hydrogen) atoms. The van der Waals surface area contributed by atoms with E-state index in [9.17, 15) is 0 Å². The van der Waals surface area contributed by atoms with Gasteiger partial charge in [0.2, 0.25) is 0 Å². The molecule has 1 saturated heterocycles. The van der Waals surface area contributed by atoms with Crippen LogP contribution in [-0.4, -0.2) is 54.2 Å².